The molecule has 0 radical (unpaired) electrons. The molecule has 0 aromatic rings. The second-order valence-electron chi connectivity index (χ2n) is 14.9. The molecule has 0 spiro atoms. The highest BCUT2D eigenvalue weighted by molar-refractivity contribution is 5.82. The number of carbonyl (C=O) groups is 2. The van der Waals surface area contributed by atoms with Crippen LogP contribution >= 0.6 is 0 Å². The van der Waals surface area contributed by atoms with Crippen molar-refractivity contribution in [2.75, 3.05) is 19.6 Å². The van der Waals surface area contributed by atoms with E-state index in [1.807, 2.05) is 4.90 Å². The van der Waals surface area contributed by atoms with Gasteiger partial charge in [0.1, 0.15) is 0 Å². The van der Waals surface area contributed by atoms with Crippen LogP contribution in [-0.4, -0.2) is 58.5 Å². The van der Waals surface area contributed by atoms with Gasteiger partial charge in [0.2, 0.25) is 11.8 Å². The minimum atomic E-state index is -0.128. The van der Waals surface area contributed by atoms with Gasteiger partial charge in [-0.15, -0.1) is 0 Å². The predicted molar refractivity (Wildman–Crippen MR) is 150 cm³/mol. The number of carbonyl (C=O) groups excluding carboxylic acids is 2. The van der Waals surface area contributed by atoms with Crippen LogP contribution in [0.2, 0.25) is 0 Å². The van der Waals surface area contributed by atoms with Gasteiger partial charge in [-0.05, 0) is 118 Å². The molecular formula is C33H52N2O3. The lowest BCUT2D eigenvalue weighted by molar-refractivity contribution is -0.143. The number of rotatable bonds is 5. The largest absolute Gasteiger partial charge is 0.393 e. The molecule has 5 heteroatoms. The van der Waals surface area contributed by atoms with Crippen LogP contribution in [0.5, 0.6) is 0 Å². The summed E-state index contributed by atoms with van der Waals surface area (Å²) in [5, 5.41) is 10.3. The maximum absolute atomic E-state index is 13.3. The van der Waals surface area contributed by atoms with E-state index in [4.69, 9.17) is 0 Å². The summed E-state index contributed by atoms with van der Waals surface area (Å²) in [6.07, 6.45) is 15.8. The first-order valence-corrected chi connectivity index (χ1v) is 16.1. The van der Waals surface area contributed by atoms with Gasteiger partial charge < -0.3 is 14.9 Å². The van der Waals surface area contributed by atoms with Crippen LogP contribution in [0, 0.1) is 46.3 Å². The zero-order valence-electron chi connectivity index (χ0n) is 24.5. The standard InChI is InChI=1S/C33H52N2O3/c1-21(5-12-30(37)35-18-17-34(20-22(35)2)31(38)23-6-7-23)27-10-11-28-26-9-8-24-19-25(36)13-15-32(24,3)29(26)14-16-33(27,28)4/h8,21-23,25-29,36H,5-7,9-20H2,1-4H3/t21?,22?,25-,26-,27+,28-,29-,32-,33+/m0/s1. The van der Waals surface area contributed by atoms with Crippen molar-refractivity contribution < 1.29 is 14.7 Å². The van der Waals surface area contributed by atoms with Gasteiger partial charge in [0, 0.05) is 38.0 Å². The SMILES string of the molecule is CC(CCC(=O)N1CCN(C(=O)C2CC2)CC1C)[C@H]1CC[C@H]2[C@@H]3CC=C4C[C@@H](O)CC[C@]4(C)[C@H]3CC[C@]12C. The lowest BCUT2D eigenvalue weighted by atomic mass is 9.47. The number of hydrogen-bond acceptors (Lipinski definition) is 3. The fourth-order valence-electron chi connectivity index (χ4n) is 10.4. The second kappa shape index (κ2) is 9.93. The van der Waals surface area contributed by atoms with Gasteiger partial charge in [0.15, 0.2) is 0 Å². The molecule has 5 fully saturated rings. The average molecular weight is 525 g/mol. The molecule has 5 nitrogen and oxygen atoms in total. The number of nitrogens with zero attached hydrogens (tertiary/aromatic N) is 2. The molecule has 6 rings (SSSR count). The van der Waals surface area contributed by atoms with E-state index in [0.29, 0.717) is 54.6 Å². The summed E-state index contributed by atoms with van der Waals surface area (Å²) in [5.74, 6) is 4.57. The Morgan fingerprint density at radius 3 is 2.58 bits per heavy atom. The van der Waals surface area contributed by atoms with Gasteiger partial charge in [0.05, 0.1) is 6.10 Å². The Morgan fingerprint density at radius 1 is 1.05 bits per heavy atom. The number of aliphatic hydroxyl groups excluding tert-OH is 1. The van der Waals surface area contributed by atoms with Crippen LogP contribution in [-0.2, 0) is 9.59 Å². The summed E-state index contributed by atoms with van der Waals surface area (Å²) in [4.78, 5) is 29.8. The highest BCUT2D eigenvalue weighted by atomic mass is 16.3. The van der Waals surface area contributed by atoms with E-state index < -0.39 is 0 Å². The Hall–Kier alpha value is -1.36. The maximum Gasteiger partial charge on any atom is 0.225 e. The highest BCUT2D eigenvalue weighted by Gasteiger charge is 2.59. The minimum Gasteiger partial charge on any atom is -0.393 e. The van der Waals surface area contributed by atoms with Gasteiger partial charge in [-0.3, -0.25) is 9.59 Å². The number of aliphatic hydroxyl groups is 1. The van der Waals surface area contributed by atoms with Crippen LogP contribution in [0.25, 0.3) is 0 Å². The number of allylic oxidation sites excluding steroid dienone is 1. The molecule has 212 valence electrons. The monoisotopic (exact) mass is 524 g/mol. The summed E-state index contributed by atoms with van der Waals surface area (Å²) in [7, 11) is 0. The zero-order valence-corrected chi connectivity index (χ0v) is 24.5. The third-order valence-corrected chi connectivity index (χ3v) is 12.8. The smallest absolute Gasteiger partial charge is 0.225 e. The Labute approximate surface area is 230 Å². The Balaban J connectivity index is 1.05. The van der Waals surface area contributed by atoms with E-state index >= 15 is 0 Å². The first-order chi connectivity index (χ1) is 18.1. The molecule has 9 atom stereocenters. The van der Waals surface area contributed by atoms with Crippen LogP contribution in [0.3, 0.4) is 0 Å². The Bertz CT molecular complexity index is 973. The van der Waals surface area contributed by atoms with Gasteiger partial charge >= 0.3 is 0 Å². The summed E-state index contributed by atoms with van der Waals surface area (Å²) >= 11 is 0. The lowest BCUT2D eigenvalue weighted by Crippen LogP contribution is -2.55. The fraction of sp³-hybridized carbons (Fsp3) is 0.879. The van der Waals surface area contributed by atoms with E-state index in [9.17, 15) is 14.7 Å². The summed E-state index contributed by atoms with van der Waals surface area (Å²) in [6.45, 7) is 11.8. The van der Waals surface area contributed by atoms with Crippen molar-refractivity contribution in [3.63, 3.8) is 0 Å². The zero-order chi connectivity index (χ0) is 26.8. The number of piperazine rings is 1. The third kappa shape index (κ3) is 4.47. The van der Waals surface area contributed by atoms with Crippen molar-refractivity contribution in [1.29, 1.82) is 0 Å². The molecule has 2 amide bonds. The average Bonchev–Trinajstić information content (AvgIpc) is 3.68. The maximum atomic E-state index is 13.3. The van der Waals surface area contributed by atoms with Gasteiger partial charge in [-0.2, -0.15) is 0 Å². The summed E-state index contributed by atoms with van der Waals surface area (Å²) in [5.41, 5.74) is 2.28. The van der Waals surface area contributed by atoms with Gasteiger partial charge in [-0.1, -0.05) is 32.4 Å². The van der Waals surface area contributed by atoms with Crippen LogP contribution < -0.4 is 0 Å². The molecule has 1 heterocycles. The summed E-state index contributed by atoms with van der Waals surface area (Å²) in [6, 6.07) is 0.129. The third-order valence-electron chi connectivity index (χ3n) is 12.8. The van der Waals surface area contributed by atoms with Gasteiger partial charge in [-0.25, -0.2) is 0 Å². The Morgan fingerprint density at radius 2 is 1.84 bits per heavy atom. The van der Waals surface area contributed by atoms with Crippen molar-refractivity contribution in [3.8, 4) is 0 Å². The second-order valence-corrected chi connectivity index (χ2v) is 14.9. The van der Waals surface area contributed by atoms with E-state index in [-0.39, 0.29) is 18.1 Å². The first kappa shape index (κ1) is 26.8. The predicted octanol–water partition coefficient (Wildman–Crippen LogP) is 5.81. The molecular weight excluding hydrogens is 472 g/mol. The summed E-state index contributed by atoms with van der Waals surface area (Å²) < 4.78 is 0. The lowest BCUT2D eigenvalue weighted by Gasteiger charge is -2.58. The van der Waals surface area contributed by atoms with Crippen LogP contribution in [0.15, 0.2) is 11.6 Å². The minimum absolute atomic E-state index is 0.128. The molecule has 4 saturated carbocycles. The van der Waals surface area contributed by atoms with Crippen molar-refractivity contribution in [2.45, 2.75) is 117 Å². The molecule has 1 aliphatic heterocycles. The van der Waals surface area contributed by atoms with Crippen LogP contribution in [0.4, 0.5) is 0 Å². The Kier molecular flexibility index (Phi) is 7.01. The first-order valence-electron chi connectivity index (χ1n) is 16.1. The molecule has 5 aliphatic carbocycles. The van der Waals surface area contributed by atoms with E-state index in [1.54, 1.807) is 5.57 Å². The van der Waals surface area contributed by atoms with E-state index in [1.165, 1.54) is 32.1 Å². The quantitative estimate of drug-likeness (QED) is 0.462. The number of amides is 2. The molecule has 2 unspecified atom stereocenters. The molecule has 6 aliphatic rings. The highest BCUT2D eigenvalue weighted by Crippen LogP contribution is 2.67. The molecule has 0 bridgehead atoms. The van der Waals surface area contributed by atoms with Crippen molar-refractivity contribution in [3.05, 3.63) is 11.6 Å². The number of fused-ring (bicyclic) bond motifs is 5. The fourth-order valence-corrected chi connectivity index (χ4v) is 10.4. The topological polar surface area (TPSA) is 60.9 Å². The normalized spacial score (nSPS) is 43.6. The van der Waals surface area contributed by atoms with Crippen molar-refractivity contribution in [2.24, 2.45) is 46.3 Å². The van der Waals surface area contributed by atoms with E-state index in [0.717, 1.165) is 62.2 Å². The van der Waals surface area contributed by atoms with Gasteiger partial charge in [0.25, 0.3) is 0 Å². The van der Waals surface area contributed by atoms with Crippen LogP contribution in [0.1, 0.15) is 105 Å². The molecule has 0 aromatic heterocycles. The van der Waals surface area contributed by atoms with Crippen molar-refractivity contribution >= 4 is 11.8 Å². The molecule has 0 aromatic carbocycles. The van der Waals surface area contributed by atoms with Crippen molar-refractivity contribution in [1.82, 2.24) is 9.80 Å². The molecule has 38 heavy (non-hydrogen) atoms. The molecule has 1 N–H and O–H groups in total. The van der Waals surface area contributed by atoms with E-state index in [2.05, 4.69) is 38.7 Å². The molecule has 1 saturated heterocycles. The number of hydrogen-bond donors (Lipinski definition) is 1.